The molecule has 0 aliphatic rings. The molecule has 2 aromatic rings. The van der Waals surface area contributed by atoms with E-state index in [0.717, 1.165) is 6.07 Å². The first kappa shape index (κ1) is 22.5. The Morgan fingerprint density at radius 1 is 0.893 bits per heavy atom. The van der Waals surface area contributed by atoms with E-state index < -0.39 is 36.0 Å². The highest BCUT2D eigenvalue weighted by Crippen LogP contribution is 2.70. The molecule has 0 atom stereocenters. The van der Waals surface area contributed by atoms with Gasteiger partial charge in [0.25, 0.3) is 0 Å². The molecule has 0 amide bonds. The van der Waals surface area contributed by atoms with Gasteiger partial charge in [0.15, 0.2) is 0 Å². The minimum atomic E-state index is -4.92. The largest absolute Gasteiger partial charge is 0.478 e. The molecule has 0 saturated carbocycles. The maximum Gasteiger partial charge on any atom is 0.405 e. The van der Waals surface area contributed by atoms with Crippen molar-refractivity contribution in [2.45, 2.75) is 58.4 Å². The molecule has 0 bridgehead atoms. The minimum absolute atomic E-state index is 0.0461. The van der Waals surface area contributed by atoms with Crippen molar-refractivity contribution in [1.82, 2.24) is 0 Å². The number of hydrogen-bond donors (Lipinski definition) is 1. The Labute approximate surface area is 163 Å². The fourth-order valence-corrected chi connectivity index (χ4v) is 4.74. The monoisotopic (exact) mass is 414 g/mol. The van der Waals surface area contributed by atoms with Crippen LogP contribution in [0.15, 0.2) is 36.4 Å². The van der Waals surface area contributed by atoms with Crippen LogP contribution in [0.2, 0.25) is 0 Å². The van der Waals surface area contributed by atoms with Gasteiger partial charge in [0, 0.05) is 5.56 Å². The number of alkyl halides is 2. The van der Waals surface area contributed by atoms with Crippen LogP contribution >= 0.6 is 7.60 Å². The molecule has 0 radical (unpaired) electrons. The van der Waals surface area contributed by atoms with E-state index in [2.05, 4.69) is 0 Å². The fraction of sp³-hybridized carbons (Fsp3) is 0.450. The number of fused-ring (bicyclic) bond motifs is 1. The third-order valence-electron chi connectivity index (χ3n) is 3.57. The highest BCUT2D eigenvalue weighted by molar-refractivity contribution is 7.54. The number of carboxylic acid groups (broad SMARTS) is 1. The quantitative estimate of drug-likeness (QED) is 0.572. The Hall–Kier alpha value is -1.82. The van der Waals surface area contributed by atoms with Gasteiger partial charge in [-0.15, -0.1) is 0 Å². The van der Waals surface area contributed by atoms with Crippen LogP contribution in [0.3, 0.4) is 0 Å². The van der Waals surface area contributed by atoms with Crippen molar-refractivity contribution in [3.8, 4) is 0 Å². The molecule has 0 saturated heterocycles. The minimum Gasteiger partial charge on any atom is -0.478 e. The van der Waals surface area contributed by atoms with Gasteiger partial charge in [0.2, 0.25) is 0 Å². The van der Waals surface area contributed by atoms with Crippen molar-refractivity contribution < 1.29 is 32.3 Å². The molecular formula is C20H25F2O5P. The summed E-state index contributed by atoms with van der Waals surface area (Å²) < 4.78 is 54.6. The molecule has 8 heteroatoms. The van der Waals surface area contributed by atoms with E-state index in [-0.39, 0.29) is 5.56 Å². The lowest BCUT2D eigenvalue weighted by atomic mass is 10.0. The highest BCUT2D eigenvalue weighted by atomic mass is 31.2. The van der Waals surface area contributed by atoms with E-state index in [0.29, 0.717) is 10.8 Å². The molecule has 0 aliphatic carbocycles. The van der Waals surface area contributed by atoms with Crippen LogP contribution < -0.4 is 0 Å². The average Bonchev–Trinajstić information content (AvgIpc) is 2.49. The summed E-state index contributed by atoms with van der Waals surface area (Å²) in [5.74, 6) is -1.11. The van der Waals surface area contributed by atoms with E-state index in [1.165, 1.54) is 71.9 Å². The smallest absolute Gasteiger partial charge is 0.405 e. The topological polar surface area (TPSA) is 72.8 Å². The molecule has 0 heterocycles. The van der Waals surface area contributed by atoms with Gasteiger partial charge in [-0.3, -0.25) is 13.6 Å². The van der Waals surface area contributed by atoms with Gasteiger partial charge in [0.1, 0.15) is 0 Å². The lowest BCUT2D eigenvalue weighted by Gasteiger charge is -2.36. The van der Waals surface area contributed by atoms with Gasteiger partial charge in [-0.25, -0.2) is 4.79 Å². The van der Waals surface area contributed by atoms with E-state index in [4.69, 9.17) is 14.2 Å². The third-order valence-corrected chi connectivity index (χ3v) is 6.09. The van der Waals surface area contributed by atoms with Crippen LogP contribution in [0, 0.1) is 0 Å². The Morgan fingerprint density at radius 3 is 1.82 bits per heavy atom. The fourth-order valence-electron chi connectivity index (χ4n) is 2.58. The lowest BCUT2D eigenvalue weighted by Crippen LogP contribution is -2.30. The van der Waals surface area contributed by atoms with Crippen LogP contribution in [0.4, 0.5) is 8.78 Å². The molecule has 0 unspecified atom stereocenters. The van der Waals surface area contributed by atoms with Crippen molar-refractivity contribution in [2.75, 3.05) is 0 Å². The molecule has 5 nitrogen and oxygen atoms in total. The zero-order valence-electron chi connectivity index (χ0n) is 16.7. The zero-order valence-corrected chi connectivity index (χ0v) is 17.6. The lowest BCUT2D eigenvalue weighted by molar-refractivity contribution is -0.0212. The Balaban J connectivity index is 2.58. The van der Waals surface area contributed by atoms with Crippen molar-refractivity contribution in [1.29, 1.82) is 0 Å². The molecular weight excluding hydrogens is 389 g/mol. The third kappa shape index (κ3) is 4.96. The van der Waals surface area contributed by atoms with Gasteiger partial charge in [-0.2, -0.15) is 8.78 Å². The number of carboxylic acids is 1. The van der Waals surface area contributed by atoms with E-state index >= 15 is 8.78 Å². The summed E-state index contributed by atoms with van der Waals surface area (Å²) in [4.78, 5) is 11.1. The van der Waals surface area contributed by atoms with E-state index in [9.17, 15) is 9.36 Å². The number of rotatable bonds is 5. The molecule has 154 valence electrons. The van der Waals surface area contributed by atoms with Crippen molar-refractivity contribution in [3.63, 3.8) is 0 Å². The highest BCUT2D eigenvalue weighted by Gasteiger charge is 2.58. The predicted molar refractivity (Wildman–Crippen MR) is 104 cm³/mol. The van der Waals surface area contributed by atoms with Crippen LogP contribution in [-0.4, -0.2) is 22.3 Å². The maximum atomic E-state index is 15.4. The summed E-state index contributed by atoms with van der Waals surface area (Å²) >= 11 is 0. The molecule has 28 heavy (non-hydrogen) atoms. The van der Waals surface area contributed by atoms with Gasteiger partial charge >= 0.3 is 19.2 Å². The van der Waals surface area contributed by atoms with Crippen LogP contribution in [-0.2, 0) is 19.3 Å². The second-order valence-corrected chi connectivity index (χ2v) is 10.4. The Bertz CT molecular complexity index is 922. The number of hydrogen-bond acceptors (Lipinski definition) is 4. The summed E-state index contributed by atoms with van der Waals surface area (Å²) in [6, 6.07) is 7.78. The molecule has 0 aliphatic heterocycles. The van der Waals surface area contributed by atoms with Crippen molar-refractivity contribution in [3.05, 3.63) is 47.5 Å². The predicted octanol–water partition coefficient (Wildman–Crippen LogP) is 6.41. The summed E-state index contributed by atoms with van der Waals surface area (Å²) in [6.45, 7) is 9.14. The number of benzene rings is 2. The van der Waals surface area contributed by atoms with Gasteiger partial charge in [-0.1, -0.05) is 18.2 Å². The Kier molecular flexibility index (Phi) is 5.79. The van der Waals surface area contributed by atoms with E-state index in [1.54, 1.807) is 0 Å². The second kappa shape index (κ2) is 7.21. The number of halogens is 2. The molecule has 2 aromatic carbocycles. The van der Waals surface area contributed by atoms with Crippen LogP contribution in [0.1, 0.15) is 57.5 Å². The molecule has 0 spiro atoms. The zero-order chi connectivity index (χ0) is 21.5. The van der Waals surface area contributed by atoms with Gasteiger partial charge < -0.3 is 5.11 Å². The molecule has 0 aromatic heterocycles. The summed E-state index contributed by atoms with van der Waals surface area (Å²) in [5, 5.41) is 9.93. The second-order valence-electron chi connectivity index (χ2n) is 8.53. The summed E-state index contributed by atoms with van der Waals surface area (Å²) in [7, 11) is -4.92. The maximum absolute atomic E-state index is 15.4. The van der Waals surface area contributed by atoms with Crippen LogP contribution in [0.25, 0.3) is 10.8 Å². The summed E-state index contributed by atoms with van der Waals surface area (Å²) in [5.41, 5.74) is -6.65. The SMILES string of the molecule is CC(C)(C)OP(=O)(OC(C)(C)C)C(F)(F)c1ccc2cc(C(=O)O)ccc2c1. The molecule has 1 N–H and O–H groups in total. The number of carbonyl (C=O) groups is 1. The number of aromatic carboxylic acids is 1. The van der Waals surface area contributed by atoms with E-state index in [1.807, 2.05) is 0 Å². The van der Waals surface area contributed by atoms with Crippen molar-refractivity contribution >= 4 is 24.3 Å². The first-order chi connectivity index (χ1) is 12.5. The standard InChI is InChI=1S/C20H25F2O5P/c1-18(2,3)26-28(25,27-19(4,5)6)20(21,22)16-10-9-13-11-15(17(23)24)8-7-14(13)12-16/h7-12H,1-6H3,(H,23,24). The first-order valence-electron chi connectivity index (χ1n) is 8.71. The molecule has 0 fully saturated rings. The molecule has 2 rings (SSSR count). The van der Waals surface area contributed by atoms with Gasteiger partial charge in [-0.05, 0) is 70.5 Å². The van der Waals surface area contributed by atoms with Gasteiger partial charge in [0.05, 0.1) is 16.8 Å². The van der Waals surface area contributed by atoms with Crippen LogP contribution in [0.5, 0.6) is 0 Å². The summed E-state index contributed by atoms with van der Waals surface area (Å²) in [6.07, 6.45) is 0. The normalized spacial score (nSPS) is 13.7. The average molecular weight is 414 g/mol. The van der Waals surface area contributed by atoms with Crippen molar-refractivity contribution in [2.24, 2.45) is 0 Å². The Morgan fingerprint density at radius 2 is 1.36 bits per heavy atom. The first-order valence-corrected chi connectivity index (χ1v) is 10.3.